The van der Waals surface area contributed by atoms with Gasteiger partial charge in [0.05, 0.1) is 24.0 Å². The highest BCUT2D eigenvalue weighted by atomic mass is 31.2. The number of rotatable bonds is 5. The molecule has 1 aromatic heterocycles. The standard InChI is InChI=1S/C17H24NO5P/c1-6-21-24(20,22-7-2)15-12-18(16(19)23-17(3,4)5)14-11-9-8-10-13(14)15/h8-12H,6-7H2,1-5H3. The van der Waals surface area contributed by atoms with Gasteiger partial charge in [-0.2, -0.15) is 0 Å². The maximum absolute atomic E-state index is 13.1. The molecule has 1 heterocycles. The fraction of sp³-hybridized carbons (Fsp3) is 0.471. The van der Waals surface area contributed by atoms with Gasteiger partial charge in [-0.15, -0.1) is 0 Å². The number of carbonyl (C=O) groups is 1. The first-order chi connectivity index (χ1) is 11.2. The summed E-state index contributed by atoms with van der Waals surface area (Å²) in [4.78, 5) is 12.5. The van der Waals surface area contributed by atoms with Crippen molar-refractivity contribution in [2.45, 2.75) is 40.2 Å². The van der Waals surface area contributed by atoms with Crippen LogP contribution in [0.25, 0.3) is 10.9 Å². The van der Waals surface area contributed by atoms with Gasteiger partial charge in [-0.05, 0) is 40.7 Å². The minimum Gasteiger partial charge on any atom is -0.443 e. The van der Waals surface area contributed by atoms with E-state index in [0.29, 0.717) is 16.2 Å². The molecule has 0 saturated carbocycles. The zero-order valence-corrected chi connectivity index (χ0v) is 15.6. The number of fused-ring (bicyclic) bond motifs is 1. The molecule has 0 bridgehead atoms. The molecule has 2 rings (SSSR count). The van der Waals surface area contributed by atoms with Crippen molar-refractivity contribution >= 4 is 29.9 Å². The molecular formula is C17H24NO5P. The van der Waals surface area contributed by atoms with E-state index < -0.39 is 19.3 Å². The third kappa shape index (κ3) is 3.89. The Morgan fingerprint density at radius 2 is 1.71 bits per heavy atom. The number of carbonyl (C=O) groups excluding carboxylic acids is 1. The number of benzene rings is 1. The molecule has 0 spiro atoms. The van der Waals surface area contributed by atoms with E-state index in [0.717, 1.165) is 0 Å². The van der Waals surface area contributed by atoms with Crippen LogP contribution in [0.1, 0.15) is 34.6 Å². The Balaban J connectivity index is 2.61. The minimum atomic E-state index is -3.52. The minimum absolute atomic E-state index is 0.239. The average molecular weight is 353 g/mol. The molecule has 0 saturated heterocycles. The summed E-state index contributed by atoms with van der Waals surface area (Å²) in [6.07, 6.45) is 0.953. The molecule has 0 aliphatic rings. The smallest absolute Gasteiger partial charge is 0.419 e. The average Bonchev–Trinajstić information content (AvgIpc) is 2.86. The monoisotopic (exact) mass is 353 g/mol. The van der Waals surface area contributed by atoms with Gasteiger partial charge in [0, 0.05) is 11.6 Å². The molecule has 0 aliphatic carbocycles. The number of nitrogens with zero attached hydrogens (tertiary/aromatic N) is 1. The predicted molar refractivity (Wildman–Crippen MR) is 94.1 cm³/mol. The van der Waals surface area contributed by atoms with Crippen LogP contribution in [0.2, 0.25) is 0 Å². The summed E-state index contributed by atoms with van der Waals surface area (Å²) in [5, 5.41) is 1.02. The van der Waals surface area contributed by atoms with Gasteiger partial charge >= 0.3 is 13.7 Å². The zero-order valence-electron chi connectivity index (χ0n) is 14.7. The first-order valence-corrected chi connectivity index (χ1v) is 9.49. The molecule has 0 fully saturated rings. The van der Waals surface area contributed by atoms with E-state index in [1.54, 1.807) is 52.8 Å². The largest absolute Gasteiger partial charge is 0.443 e. The SMILES string of the molecule is CCOP(=O)(OCC)c1cn(C(=O)OC(C)(C)C)c2ccccc12. The molecule has 0 radical (unpaired) electrons. The lowest BCUT2D eigenvalue weighted by Crippen LogP contribution is -2.27. The van der Waals surface area contributed by atoms with Crippen LogP contribution < -0.4 is 5.30 Å². The van der Waals surface area contributed by atoms with E-state index in [2.05, 4.69) is 0 Å². The first-order valence-electron chi connectivity index (χ1n) is 7.95. The van der Waals surface area contributed by atoms with Crippen molar-refractivity contribution in [3.63, 3.8) is 0 Å². The van der Waals surface area contributed by atoms with Crippen molar-refractivity contribution in [2.24, 2.45) is 0 Å². The summed E-state index contributed by atoms with van der Waals surface area (Å²) >= 11 is 0. The maximum atomic E-state index is 13.1. The van der Waals surface area contributed by atoms with Crippen LogP contribution in [0.3, 0.4) is 0 Å². The molecule has 0 atom stereocenters. The number of hydrogen-bond donors (Lipinski definition) is 0. The van der Waals surface area contributed by atoms with Crippen molar-refractivity contribution in [1.82, 2.24) is 4.57 Å². The lowest BCUT2D eigenvalue weighted by atomic mass is 10.2. The molecule has 0 unspecified atom stereocenters. The Labute approximate surface area is 142 Å². The third-order valence-corrected chi connectivity index (χ3v) is 5.32. The van der Waals surface area contributed by atoms with Crippen molar-refractivity contribution in [3.8, 4) is 0 Å². The topological polar surface area (TPSA) is 66.8 Å². The highest BCUT2D eigenvalue weighted by molar-refractivity contribution is 7.62. The second kappa shape index (κ2) is 7.09. The number of ether oxygens (including phenoxy) is 1. The van der Waals surface area contributed by atoms with Crippen LogP contribution >= 0.6 is 7.60 Å². The van der Waals surface area contributed by atoms with E-state index in [9.17, 15) is 9.36 Å². The summed E-state index contributed by atoms with van der Waals surface area (Å²) in [6, 6.07) is 7.17. The first kappa shape index (κ1) is 18.7. The van der Waals surface area contributed by atoms with Gasteiger partial charge in [-0.25, -0.2) is 4.79 Å². The second-order valence-electron chi connectivity index (χ2n) is 6.21. The molecular weight excluding hydrogens is 329 g/mol. The van der Waals surface area contributed by atoms with E-state index in [1.165, 1.54) is 10.8 Å². The lowest BCUT2D eigenvalue weighted by Gasteiger charge is -2.19. The Morgan fingerprint density at radius 1 is 1.12 bits per heavy atom. The summed E-state index contributed by atoms with van der Waals surface area (Å²) in [5.74, 6) is 0. The molecule has 6 nitrogen and oxygen atoms in total. The normalized spacial score (nSPS) is 12.5. The van der Waals surface area contributed by atoms with E-state index in [-0.39, 0.29) is 13.2 Å². The van der Waals surface area contributed by atoms with Crippen LogP contribution in [-0.4, -0.2) is 29.5 Å². The number of aromatic nitrogens is 1. The molecule has 132 valence electrons. The summed E-state index contributed by atoms with van der Waals surface area (Å²) in [6.45, 7) is 9.36. The van der Waals surface area contributed by atoms with E-state index >= 15 is 0 Å². The van der Waals surface area contributed by atoms with Crippen LogP contribution in [-0.2, 0) is 18.3 Å². The zero-order chi connectivity index (χ0) is 18.0. The van der Waals surface area contributed by atoms with Gasteiger partial charge in [0.2, 0.25) is 0 Å². The highest BCUT2D eigenvalue weighted by Crippen LogP contribution is 2.48. The van der Waals surface area contributed by atoms with Crippen LogP contribution in [0.5, 0.6) is 0 Å². The molecule has 7 heteroatoms. The summed E-state index contributed by atoms with van der Waals surface area (Å²) in [5.41, 5.74) is -0.0343. The molecule has 1 aromatic carbocycles. The van der Waals surface area contributed by atoms with Gasteiger partial charge in [-0.1, -0.05) is 18.2 Å². The van der Waals surface area contributed by atoms with Gasteiger partial charge in [0.15, 0.2) is 0 Å². The molecule has 24 heavy (non-hydrogen) atoms. The Bertz CT molecular complexity index is 765. The van der Waals surface area contributed by atoms with Crippen molar-refractivity contribution in [2.75, 3.05) is 13.2 Å². The van der Waals surface area contributed by atoms with Crippen molar-refractivity contribution in [1.29, 1.82) is 0 Å². The summed E-state index contributed by atoms with van der Waals surface area (Å²) in [7, 11) is -3.52. The highest BCUT2D eigenvalue weighted by Gasteiger charge is 2.32. The predicted octanol–water partition coefficient (Wildman–Crippen LogP) is 4.32. The molecule has 0 N–H and O–H groups in total. The van der Waals surface area contributed by atoms with E-state index in [1.807, 2.05) is 6.07 Å². The number of hydrogen-bond acceptors (Lipinski definition) is 5. The Hall–Kier alpha value is -1.62. The van der Waals surface area contributed by atoms with Crippen LogP contribution in [0.15, 0.2) is 30.5 Å². The van der Waals surface area contributed by atoms with Gasteiger partial charge in [0.25, 0.3) is 0 Å². The van der Waals surface area contributed by atoms with Gasteiger partial charge in [0.1, 0.15) is 5.60 Å². The molecule has 0 amide bonds. The number of para-hydroxylation sites is 1. The van der Waals surface area contributed by atoms with Crippen LogP contribution in [0.4, 0.5) is 4.79 Å². The van der Waals surface area contributed by atoms with Crippen molar-refractivity contribution < 1.29 is 23.1 Å². The van der Waals surface area contributed by atoms with Crippen molar-refractivity contribution in [3.05, 3.63) is 30.5 Å². The molecule has 0 aliphatic heterocycles. The third-order valence-electron chi connectivity index (χ3n) is 3.17. The van der Waals surface area contributed by atoms with Gasteiger partial charge in [-0.3, -0.25) is 9.13 Å². The second-order valence-corrected chi connectivity index (χ2v) is 8.21. The molecule has 2 aromatic rings. The quantitative estimate of drug-likeness (QED) is 0.749. The van der Waals surface area contributed by atoms with Gasteiger partial charge < -0.3 is 13.8 Å². The summed E-state index contributed by atoms with van der Waals surface area (Å²) < 4.78 is 30.8. The van der Waals surface area contributed by atoms with Crippen LogP contribution in [0, 0.1) is 0 Å². The fourth-order valence-electron chi connectivity index (χ4n) is 2.36. The lowest BCUT2D eigenvalue weighted by molar-refractivity contribution is 0.0544. The fourth-order valence-corrected chi connectivity index (χ4v) is 4.13. The Morgan fingerprint density at radius 3 is 2.25 bits per heavy atom. The Kier molecular flexibility index (Phi) is 5.53. The van der Waals surface area contributed by atoms with E-state index in [4.69, 9.17) is 13.8 Å². The maximum Gasteiger partial charge on any atom is 0.419 e.